The number of hydrogen-bond donors (Lipinski definition) is 0. The summed E-state index contributed by atoms with van der Waals surface area (Å²) in [4.78, 5) is 25.7. The topological polar surface area (TPSA) is 84.0 Å². The van der Waals surface area contributed by atoms with E-state index in [1.807, 2.05) is 0 Å². The standard InChI is InChI=1S/C16H22N2O5S/c1-17(2)24(21,22)14-8-6-13(7-9-14)16(20)23-12-15(19)18-10-4-3-5-11-18/h6-9H,3-5,10-12H2,1-2H3. The van der Waals surface area contributed by atoms with Gasteiger partial charge in [0.1, 0.15) is 0 Å². The molecule has 1 heterocycles. The third-order valence-electron chi connectivity index (χ3n) is 3.90. The number of esters is 1. The average Bonchev–Trinajstić information content (AvgIpc) is 2.60. The van der Waals surface area contributed by atoms with Gasteiger partial charge in [0.25, 0.3) is 5.91 Å². The Hall–Kier alpha value is -1.93. The van der Waals surface area contributed by atoms with Gasteiger partial charge in [-0.05, 0) is 43.5 Å². The van der Waals surface area contributed by atoms with Crippen molar-refractivity contribution in [2.75, 3.05) is 33.8 Å². The minimum Gasteiger partial charge on any atom is -0.452 e. The molecule has 0 N–H and O–H groups in total. The number of amides is 1. The largest absolute Gasteiger partial charge is 0.452 e. The fourth-order valence-electron chi connectivity index (χ4n) is 2.42. The molecular weight excluding hydrogens is 332 g/mol. The van der Waals surface area contributed by atoms with Crippen LogP contribution in [0.3, 0.4) is 0 Å². The lowest BCUT2D eigenvalue weighted by atomic mass is 10.1. The van der Waals surface area contributed by atoms with Crippen LogP contribution in [0.5, 0.6) is 0 Å². The second kappa shape index (κ2) is 7.76. The Morgan fingerprint density at radius 1 is 1.08 bits per heavy atom. The van der Waals surface area contributed by atoms with Crippen molar-refractivity contribution in [3.63, 3.8) is 0 Å². The lowest BCUT2D eigenvalue weighted by molar-refractivity contribution is -0.135. The molecule has 1 fully saturated rings. The maximum atomic E-state index is 12.0. The van der Waals surface area contributed by atoms with E-state index in [4.69, 9.17) is 4.74 Å². The van der Waals surface area contributed by atoms with Crippen molar-refractivity contribution >= 4 is 21.9 Å². The number of hydrogen-bond acceptors (Lipinski definition) is 5. The Morgan fingerprint density at radius 3 is 2.21 bits per heavy atom. The molecule has 8 heteroatoms. The van der Waals surface area contributed by atoms with Crippen LogP contribution in [0.25, 0.3) is 0 Å². The highest BCUT2D eigenvalue weighted by atomic mass is 32.2. The van der Waals surface area contributed by atoms with Crippen LogP contribution in [0.2, 0.25) is 0 Å². The van der Waals surface area contributed by atoms with Gasteiger partial charge in [-0.2, -0.15) is 0 Å². The smallest absolute Gasteiger partial charge is 0.338 e. The maximum absolute atomic E-state index is 12.0. The molecule has 7 nitrogen and oxygen atoms in total. The molecule has 132 valence electrons. The Kier molecular flexibility index (Phi) is 5.95. The number of likely N-dealkylation sites (tertiary alicyclic amines) is 1. The lowest BCUT2D eigenvalue weighted by Crippen LogP contribution is -2.38. The van der Waals surface area contributed by atoms with Gasteiger partial charge in [-0.3, -0.25) is 4.79 Å². The minimum absolute atomic E-state index is 0.0912. The highest BCUT2D eigenvalue weighted by molar-refractivity contribution is 7.89. The van der Waals surface area contributed by atoms with Crippen LogP contribution in [0, 0.1) is 0 Å². The third kappa shape index (κ3) is 4.33. The molecule has 0 atom stereocenters. The van der Waals surface area contributed by atoms with Crippen molar-refractivity contribution < 1.29 is 22.7 Å². The van der Waals surface area contributed by atoms with E-state index in [0.29, 0.717) is 13.1 Å². The summed E-state index contributed by atoms with van der Waals surface area (Å²) < 4.78 is 30.0. The molecule has 0 spiro atoms. The maximum Gasteiger partial charge on any atom is 0.338 e. The second-order valence-electron chi connectivity index (χ2n) is 5.83. The quantitative estimate of drug-likeness (QED) is 0.740. The van der Waals surface area contributed by atoms with Crippen molar-refractivity contribution in [1.29, 1.82) is 0 Å². The van der Waals surface area contributed by atoms with Crippen LogP contribution in [0.4, 0.5) is 0 Å². The summed E-state index contributed by atoms with van der Waals surface area (Å²) in [5.74, 6) is -0.844. The molecule has 1 aliphatic heterocycles. The molecule has 1 aliphatic rings. The third-order valence-corrected chi connectivity index (χ3v) is 5.73. The summed E-state index contributed by atoms with van der Waals surface area (Å²) in [6.45, 7) is 1.11. The van der Waals surface area contributed by atoms with Crippen LogP contribution >= 0.6 is 0 Å². The summed E-state index contributed by atoms with van der Waals surface area (Å²) in [6, 6.07) is 5.45. The number of benzene rings is 1. The molecule has 0 saturated carbocycles. The van der Waals surface area contributed by atoms with Gasteiger partial charge in [-0.15, -0.1) is 0 Å². The Balaban J connectivity index is 1.94. The van der Waals surface area contributed by atoms with Crippen molar-refractivity contribution in [3.05, 3.63) is 29.8 Å². The number of piperidine rings is 1. The second-order valence-corrected chi connectivity index (χ2v) is 7.98. The average molecular weight is 354 g/mol. The molecule has 1 aromatic carbocycles. The first-order chi connectivity index (χ1) is 11.3. The predicted octanol–water partition coefficient (Wildman–Crippen LogP) is 1.11. The van der Waals surface area contributed by atoms with E-state index in [9.17, 15) is 18.0 Å². The number of nitrogens with zero attached hydrogens (tertiary/aromatic N) is 2. The predicted molar refractivity (Wildman–Crippen MR) is 88.0 cm³/mol. The van der Waals surface area contributed by atoms with Crippen molar-refractivity contribution in [2.45, 2.75) is 24.2 Å². The fraction of sp³-hybridized carbons (Fsp3) is 0.500. The Labute approximate surface area is 142 Å². The summed E-state index contributed by atoms with van der Waals surface area (Å²) in [5, 5.41) is 0. The lowest BCUT2D eigenvalue weighted by Gasteiger charge is -2.26. The van der Waals surface area contributed by atoms with E-state index in [2.05, 4.69) is 0 Å². The SMILES string of the molecule is CN(C)S(=O)(=O)c1ccc(C(=O)OCC(=O)N2CCCCC2)cc1. The van der Waals surface area contributed by atoms with E-state index in [1.165, 1.54) is 38.4 Å². The zero-order valence-electron chi connectivity index (χ0n) is 13.9. The Morgan fingerprint density at radius 2 is 1.67 bits per heavy atom. The van der Waals surface area contributed by atoms with Crippen molar-refractivity contribution in [3.8, 4) is 0 Å². The summed E-state index contributed by atoms with van der Waals surface area (Å²) >= 11 is 0. The highest BCUT2D eigenvalue weighted by Gasteiger charge is 2.20. The first kappa shape index (κ1) is 18.4. The van der Waals surface area contributed by atoms with E-state index < -0.39 is 16.0 Å². The van der Waals surface area contributed by atoms with E-state index >= 15 is 0 Å². The molecule has 1 aromatic rings. The summed E-state index contributed by atoms with van der Waals surface area (Å²) in [5.41, 5.74) is 0.208. The monoisotopic (exact) mass is 354 g/mol. The number of carbonyl (C=O) groups is 2. The molecule has 2 rings (SSSR count). The van der Waals surface area contributed by atoms with Gasteiger partial charge < -0.3 is 9.64 Å². The Bertz CT molecular complexity index is 692. The van der Waals surface area contributed by atoms with E-state index in [-0.39, 0.29) is 23.0 Å². The van der Waals surface area contributed by atoms with Crippen LogP contribution in [0.15, 0.2) is 29.2 Å². The first-order valence-corrected chi connectivity index (χ1v) is 9.24. The molecule has 24 heavy (non-hydrogen) atoms. The first-order valence-electron chi connectivity index (χ1n) is 7.80. The van der Waals surface area contributed by atoms with Gasteiger partial charge in [0.2, 0.25) is 10.0 Å². The van der Waals surface area contributed by atoms with Gasteiger partial charge in [-0.25, -0.2) is 17.5 Å². The van der Waals surface area contributed by atoms with Crippen molar-refractivity contribution in [2.24, 2.45) is 0 Å². The van der Waals surface area contributed by atoms with Gasteiger partial charge in [0, 0.05) is 27.2 Å². The molecule has 1 amide bonds. The van der Waals surface area contributed by atoms with Gasteiger partial charge in [0.15, 0.2) is 6.61 Å². The van der Waals surface area contributed by atoms with Crippen LogP contribution < -0.4 is 0 Å². The van der Waals surface area contributed by atoms with E-state index in [1.54, 1.807) is 4.90 Å². The zero-order chi connectivity index (χ0) is 17.7. The summed E-state index contributed by atoms with van der Waals surface area (Å²) in [6.07, 6.45) is 3.06. The highest BCUT2D eigenvalue weighted by Crippen LogP contribution is 2.15. The number of carbonyl (C=O) groups excluding carboxylic acids is 2. The van der Waals surface area contributed by atoms with Gasteiger partial charge in [-0.1, -0.05) is 0 Å². The molecule has 0 radical (unpaired) electrons. The number of ether oxygens (including phenoxy) is 1. The van der Waals surface area contributed by atoms with Gasteiger partial charge >= 0.3 is 5.97 Å². The fourth-order valence-corrected chi connectivity index (χ4v) is 3.32. The molecule has 0 unspecified atom stereocenters. The van der Waals surface area contributed by atoms with Crippen LogP contribution in [-0.2, 0) is 19.6 Å². The van der Waals surface area contributed by atoms with Crippen LogP contribution in [0.1, 0.15) is 29.6 Å². The molecular formula is C16H22N2O5S. The number of sulfonamides is 1. The molecule has 1 saturated heterocycles. The molecule has 0 aliphatic carbocycles. The summed E-state index contributed by atoms with van der Waals surface area (Å²) in [7, 11) is -0.671. The molecule has 0 bridgehead atoms. The molecule has 0 aromatic heterocycles. The van der Waals surface area contributed by atoms with Crippen LogP contribution in [-0.4, -0.2) is 63.3 Å². The van der Waals surface area contributed by atoms with Crippen molar-refractivity contribution in [1.82, 2.24) is 9.21 Å². The number of rotatable bonds is 5. The normalized spacial score (nSPS) is 15.4. The zero-order valence-corrected chi connectivity index (χ0v) is 14.7. The minimum atomic E-state index is -3.54. The van der Waals surface area contributed by atoms with E-state index in [0.717, 1.165) is 23.6 Å². The van der Waals surface area contributed by atoms with Gasteiger partial charge in [0.05, 0.1) is 10.5 Å².